The first-order valence-corrected chi connectivity index (χ1v) is 10.2. The summed E-state index contributed by atoms with van der Waals surface area (Å²) in [6.45, 7) is 11.0. The second kappa shape index (κ2) is 9.45. The molecule has 0 radical (unpaired) electrons. The zero-order valence-electron chi connectivity index (χ0n) is 18.1. The first kappa shape index (κ1) is 23.0. The largest absolute Gasteiger partial charge is 0.452 e. The van der Waals surface area contributed by atoms with Gasteiger partial charge in [-0.1, -0.05) is 0 Å². The third-order valence-electron chi connectivity index (χ3n) is 5.08. The molecule has 2 unspecified atom stereocenters. The number of carbonyl (C=O) groups is 4. The van der Waals surface area contributed by atoms with Crippen LogP contribution in [0.3, 0.4) is 0 Å². The highest BCUT2D eigenvalue weighted by atomic mass is 16.6. The quantitative estimate of drug-likeness (QED) is 0.649. The van der Waals surface area contributed by atoms with Crippen LogP contribution >= 0.6 is 0 Å². The van der Waals surface area contributed by atoms with E-state index >= 15 is 0 Å². The van der Waals surface area contributed by atoms with Crippen molar-refractivity contribution in [2.75, 3.05) is 39.3 Å². The fraction of sp³-hybridized carbons (Fsp3) is 0.800. The zero-order valence-corrected chi connectivity index (χ0v) is 18.1. The van der Waals surface area contributed by atoms with Gasteiger partial charge in [0.05, 0.1) is 5.92 Å². The Bertz CT molecular complexity index is 637. The van der Waals surface area contributed by atoms with Gasteiger partial charge in [-0.15, -0.1) is 0 Å². The van der Waals surface area contributed by atoms with E-state index in [1.807, 2.05) is 0 Å². The molecular weight excluding hydrogens is 378 g/mol. The maximum atomic E-state index is 12.6. The molecule has 0 N–H and O–H groups in total. The molecule has 0 saturated carbocycles. The topological polar surface area (TPSA) is 96.5 Å². The van der Waals surface area contributed by atoms with Crippen LogP contribution in [0.5, 0.6) is 0 Å². The van der Waals surface area contributed by atoms with E-state index in [0.29, 0.717) is 45.6 Å². The van der Waals surface area contributed by atoms with Gasteiger partial charge < -0.3 is 24.2 Å². The van der Waals surface area contributed by atoms with Gasteiger partial charge in [-0.2, -0.15) is 0 Å². The summed E-state index contributed by atoms with van der Waals surface area (Å²) in [5, 5.41) is 0. The van der Waals surface area contributed by atoms with Crippen molar-refractivity contribution >= 4 is 23.9 Å². The number of amides is 3. The maximum absolute atomic E-state index is 12.6. The van der Waals surface area contributed by atoms with Crippen molar-refractivity contribution < 1.29 is 28.7 Å². The summed E-state index contributed by atoms with van der Waals surface area (Å²) in [7, 11) is 0. The van der Waals surface area contributed by atoms with E-state index in [-0.39, 0.29) is 18.4 Å². The van der Waals surface area contributed by atoms with Crippen LogP contribution in [0.1, 0.15) is 47.5 Å². The predicted octanol–water partition coefficient (Wildman–Crippen LogP) is 1.26. The predicted molar refractivity (Wildman–Crippen MR) is 105 cm³/mol. The van der Waals surface area contributed by atoms with Crippen molar-refractivity contribution in [3.63, 3.8) is 0 Å². The standard InChI is InChI=1S/C20H33N3O6/c1-14(17(25)22-11-9-21(10-12-22)15(2)24)28-18(26)16-7-6-8-23(13-16)19(27)29-20(3,4)5/h14,16H,6-13H2,1-5H3. The molecular formula is C20H33N3O6. The molecule has 2 saturated heterocycles. The summed E-state index contributed by atoms with van der Waals surface area (Å²) in [4.78, 5) is 53.6. The normalized spacial score (nSPS) is 21.4. The van der Waals surface area contributed by atoms with Crippen LogP contribution in [0.25, 0.3) is 0 Å². The van der Waals surface area contributed by atoms with Gasteiger partial charge >= 0.3 is 12.1 Å². The average molecular weight is 411 g/mol. The lowest BCUT2D eigenvalue weighted by Gasteiger charge is -2.36. The molecule has 0 bridgehead atoms. The Hall–Kier alpha value is -2.32. The van der Waals surface area contributed by atoms with Crippen LogP contribution in [0, 0.1) is 5.92 Å². The van der Waals surface area contributed by atoms with Crippen LogP contribution in [0.2, 0.25) is 0 Å². The van der Waals surface area contributed by atoms with Gasteiger partial charge in [-0.3, -0.25) is 14.4 Å². The van der Waals surface area contributed by atoms with E-state index in [9.17, 15) is 19.2 Å². The number of likely N-dealkylation sites (tertiary alicyclic amines) is 1. The summed E-state index contributed by atoms with van der Waals surface area (Å²) < 4.78 is 10.8. The number of rotatable bonds is 3. The third-order valence-corrected chi connectivity index (χ3v) is 5.08. The molecule has 2 fully saturated rings. The lowest BCUT2D eigenvalue weighted by atomic mass is 9.98. The number of ether oxygens (including phenoxy) is 2. The lowest BCUT2D eigenvalue weighted by molar-refractivity contribution is -0.164. The van der Waals surface area contributed by atoms with E-state index in [4.69, 9.17) is 9.47 Å². The molecule has 3 amide bonds. The molecule has 0 aromatic heterocycles. The number of nitrogens with zero attached hydrogens (tertiary/aromatic N) is 3. The molecule has 164 valence electrons. The van der Waals surface area contributed by atoms with Crippen LogP contribution < -0.4 is 0 Å². The summed E-state index contributed by atoms with van der Waals surface area (Å²) in [6, 6.07) is 0. The van der Waals surface area contributed by atoms with Gasteiger partial charge in [0.1, 0.15) is 5.60 Å². The number of carbonyl (C=O) groups excluding carboxylic acids is 4. The molecule has 0 aromatic rings. The third kappa shape index (κ3) is 6.61. The molecule has 2 aliphatic rings. The van der Waals surface area contributed by atoms with Crippen LogP contribution in [0.15, 0.2) is 0 Å². The minimum atomic E-state index is -0.900. The molecule has 2 atom stereocenters. The molecule has 2 aliphatic heterocycles. The van der Waals surface area contributed by atoms with E-state index in [2.05, 4.69) is 0 Å². The molecule has 9 heteroatoms. The van der Waals surface area contributed by atoms with Crippen molar-refractivity contribution in [2.24, 2.45) is 5.92 Å². The summed E-state index contributed by atoms with van der Waals surface area (Å²) >= 11 is 0. The van der Waals surface area contributed by atoms with Crippen molar-refractivity contribution in [1.29, 1.82) is 0 Å². The Kier molecular flexibility index (Phi) is 7.48. The summed E-state index contributed by atoms with van der Waals surface area (Å²) in [6.07, 6.45) is -0.0595. The first-order chi connectivity index (χ1) is 13.5. The lowest BCUT2D eigenvalue weighted by Crippen LogP contribution is -2.53. The summed E-state index contributed by atoms with van der Waals surface area (Å²) in [5.41, 5.74) is -0.599. The Morgan fingerprint density at radius 1 is 0.931 bits per heavy atom. The molecule has 0 spiro atoms. The van der Waals surface area contributed by atoms with E-state index in [0.717, 1.165) is 0 Å². The van der Waals surface area contributed by atoms with Crippen LogP contribution in [0.4, 0.5) is 4.79 Å². The number of hydrogen-bond acceptors (Lipinski definition) is 6. The van der Waals surface area contributed by atoms with Gasteiger partial charge in [-0.25, -0.2) is 4.79 Å². The Labute approximate surface area is 172 Å². The van der Waals surface area contributed by atoms with Gasteiger partial charge in [-0.05, 0) is 40.5 Å². The minimum absolute atomic E-state index is 0.0107. The Morgan fingerprint density at radius 3 is 2.07 bits per heavy atom. The van der Waals surface area contributed by atoms with Crippen molar-refractivity contribution in [3.8, 4) is 0 Å². The Morgan fingerprint density at radius 2 is 1.52 bits per heavy atom. The van der Waals surface area contributed by atoms with Gasteiger partial charge in [0.2, 0.25) is 5.91 Å². The van der Waals surface area contributed by atoms with Gasteiger partial charge in [0, 0.05) is 46.2 Å². The number of piperazine rings is 1. The molecule has 0 aliphatic carbocycles. The molecule has 2 heterocycles. The Balaban J connectivity index is 1.84. The molecule has 29 heavy (non-hydrogen) atoms. The zero-order chi connectivity index (χ0) is 21.8. The highest BCUT2D eigenvalue weighted by Crippen LogP contribution is 2.21. The fourth-order valence-electron chi connectivity index (χ4n) is 3.48. The maximum Gasteiger partial charge on any atom is 0.410 e. The highest BCUT2D eigenvalue weighted by molar-refractivity contribution is 5.84. The SMILES string of the molecule is CC(=O)N1CCN(C(=O)C(C)OC(=O)C2CCCN(C(=O)OC(C)(C)C)C2)CC1. The molecule has 9 nitrogen and oxygen atoms in total. The number of esters is 1. The number of piperidine rings is 1. The minimum Gasteiger partial charge on any atom is -0.452 e. The second-order valence-corrected chi connectivity index (χ2v) is 8.68. The van der Waals surface area contributed by atoms with E-state index in [1.54, 1.807) is 37.5 Å². The monoisotopic (exact) mass is 411 g/mol. The van der Waals surface area contributed by atoms with Crippen LogP contribution in [-0.4, -0.2) is 89.6 Å². The highest BCUT2D eigenvalue weighted by Gasteiger charge is 2.34. The number of hydrogen-bond donors (Lipinski definition) is 0. The van der Waals surface area contributed by atoms with E-state index in [1.165, 1.54) is 11.8 Å². The molecule has 2 rings (SSSR count). The second-order valence-electron chi connectivity index (χ2n) is 8.68. The van der Waals surface area contributed by atoms with Gasteiger partial charge in [0.25, 0.3) is 5.91 Å². The van der Waals surface area contributed by atoms with Gasteiger partial charge in [0.15, 0.2) is 6.10 Å². The first-order valence-electron chi connectivity index (χ1n) is 10.2. The van der Waals surface area contributed by atoms with E-state index < -0.39 is 29.7 Å². The average Bonchev–Trinajstić information content (AvgIpc) is 2.66. The summed E-state index contributed by atoms with van der Waals surface area (Å²) in [5.74, 6) is -1.22. The van der Waals surface area contributed by atoms with Crippen molar-refractivity contribution in [2.45, 2.75) is 59.2 Å². The van der Waals surface area contributed by atoms with Crippen LogP contribution in [-0.2, 0) is 23.9 Å². The molecule has 0 aromatic carbocycles. The van der Waals surface area contributed by atoms with Crippen molar-refractivity contribution in [1.82, 2.24) is 14.7 Å². The fourth-order valence-corrected chi connectivity index (χ4v) is 3.48. The smallest absolute Gasteiger partial charge is 0.410 e. The van der Waals surface area contributed by atoms with Crippen molar-refractivity contribution in [3.05, 3.63) is 0 Å².